The molecule has 3 heteroatoms. The third-order valence-electron chi connectivity index (χ3n) is 12.5. The Morgan fingerprint density at radius 1 is 1.09 bits per heavy atom. The van der Waals surface area contributed by atoms with Crippen molar-refractivity contribution in [1.82, 2.24) is 4.98 Å². The summed E-state index contributed by atoms with van der Waals surface area (Å²) in [6, 6.07) is 4.03. The first-order chi connectivity index (χ1) is 15.9. The first-order valence-electron chi connectivity index (χ1n) is 13.9. The third-order valence-corrected chi connectivity index (χ3v) is 12.5. The van der Waals surface area contributed by atoms with E-state index >= 15 is 0 Å². The average Bonchev–Trinajstić information content (AvgIpc) is 3.33. The van der Waals surface area contributed by atoms with Crippen LogP contribution in [0.2, 0.25) is 0 Å². The largest absolute Gasteiger partial charge is 0.495 e. The number of pyridine rings is 1. The van der Waals surface area contributed by atoms with Crippen molar-refractivity contribution in [3.8, 4) is 5.75 Å². The number of hydrogen-bond donors (Lipinski definition) is 0. The summed E-state index contributed by atoms with van der Waals surface area (Å²) in [7, 11) is 3.78. The van der Waals surface area contributed by atoms with Gasteiger partial charge in [0, 0.05) is 18.7 Å². The molecule has 0 N–H and O–H groups in total. The summed E-state index contributed by atoms with van der Waals surface area (Å²) in [5.41, 5.74) is 2.73. The van der Waals surface area contributed by atoms with Crippen LogP contribution in [0.1, 0.15) is 84.3 Å². The molecule has 182 valence electrons. The van der Waals surface area contributed by atoms with Crippen molar-refractivity contribution in [1.29, 1.82) is 0 Å². The fraction of sp³-hybridized carbons (Fsp3) is 0.833. The van der Waals surface area contributed by atoms with Crippen molar-refractivity contribution >= 4 is 0 Å². The highest BCUT2D eigenvalue weighted by atomic mass is 16.5. The van der Waals surface area contributed by atoms with Gasteiger partial charge in [-0.2, -0.15) is 0 Å². The lowest BCUT2D eigenvalue weighted by atomic mass is 9.45. The molecule has 33 heavy (non-hydrogen) atoms. The van der Waals surface area contributed by atoms with Crippen LogP contribution in [-0.2, 0) is 11.2 Å². The second-order valence-electron chi connectivity index (χ2n) is 13.1. The monoisotopic (exact) mass is 451 g/mol. The molecule has 1 aromatic rings. The average molecular weight is 452 g/mol. The zero-order valence-corrected chi connectivity index (χ0v) is 21.6. The van der Waals surface area contributed by atoms with Crippen molar-refractivity contribution < 1.29 is 9.47 Å². The number of ether oxygens (including phenoxy) is 2. The Labute approximate surface area is 201 Å². The van der Waals surface area contributed by atoms with Gasteiger partial charge in [-0.25, -0.2) is 0 Å². The lowest BCUT2D eigenvalue weighted by Crippen LogP contribution is -2.57. The molecule has 0 radical (unpaired) electrons. The van der Waals surface area contributed by atoms with Gasteiger partial charge in [-0.3, -0.25) is 4.98 Å². The second-order valence-corrected chi connectivity index (χ2v) is 13.1. The van der Waals surface area contributed by atoms with Gasteiger partial charge in [0.1, 0.15) is 5.75 Å². The predicted molar refractivity (Wildman–Crippen MR) is 132 cm³/mol. The summed E-state index contributed by atoms with van der Waals surface area (Å²) in [5.74, 6) is 6.24. The Hall–Kier alpha value is -1.09. The van der Waals surface area contributed by atoms with E-state index in [4.69, 9.17) is 9.47 Å². The van der Waals surface area contributed by atoms with Gasteiger partial charge in [0.15, 0.2) is 0 Å². The van der Waals surface area contributed by atoms with Gasteiger partial charge in [0.2, 0.25) is 0 Å². The zero-order valence-electron chi connectivity index (χ0n) is 21.6. The quantitative estimate of drug-likeness (QED) is 0.469. The number of aryl methyl sites for hydroxylation is 1. The summed E-state index contributed by atoms with van der Waals surface area (Å²) in [6.07, 6.45) is 16.2. The number of nitrogens with zero attached hydrogens (tertiary/aromatic N) is 1. The van der Waals surface area contributed by atoms with Gasteiger partial charge in [0.25, 0.3) is 0 Å². The van der Waals surface area contributed by atoms with E-state index in [2.05, 4.69) is 31.8 Å². The first-order valence-corrected chi connectivity index (χ1v) is 13.9. The van der Waals surface area contributed by atoms with Crippen molar-refractivity contribution in [2.45, 2.75) is 91.1 Å². The van der Waals surface area contributed by atoms with Crippen LogP contribution < -0.4 is 4.74 Å². The fourth-order valence-corrected chi connectivity index (χ4v) is 10.9. The maximum Gasteiger partial charge on any atom is 0.140 e. The van der Waals surface area contributed by atoms with Crippen LogP contribution in [0, 0.1) is 51.8 Å². The molecule has 3 nitrogen and oxygen atoms in total. The van der Waals surface area contributed by atoms with Crippen molar-refractivity contribution in [2.24, 2.45) is 51.8 Å². The lowest BCUT2D eigenvalue weighted by Gasteiger charge is -2.61. The van der Waals surface area contributed by atoms with Crippen LogP contribution in [0.25, 0.3) is 0 Å². The van der Waals surface area contributed by atoms with Crippen LogP contribution in [-0.4, -0.2) is 25.3 Å². The molecule has 5 fully saturated rings. The van der Waals surface area contributed by atoms with E-state index < -0.39 is 0 Å². The SMILES string of the molecule is COc1cccnc1CC[C@@H](C)[C@H]1CC[C@H]2[C@@H]3CC(OC)C45C[C@H]4CC[C@]5(C)[C@H]3CC[C@]12C. The van der Waals surface area contributed by atoms with E-state index in [0.29, 0.717) is 22.3 Å². The number of fused-ring (bicyclic) bond motifs is 4. The first kappa shape index (κ1) is 22.4. The van der Waals surface area contributed by atoms with Gasteiger partial charge in [0.05, 0.1) is 18.9 Å². The Morgan fingerprint density at radius 2 is 1.94 bits per heavy atom. The lowest BCUT2D eigenvalue weighted by molar-refractivity contribution is -0.161. The van der Waals surface area contributed by atoms with E-state index in [1.807, 2.05) is 19.4 Å². The van der Waals surface area contributed by atoms with Crippen molar-refractivity contribution in [2.75, 3.05) is 14.2 Å². The summed E-state index contributed by atoms with van der Waals surface area (Å²) in [4.78, 5) is 4.63. The van der Waals surface area contributed by atoms with Crippen LogP contribution >= 0.6 is 0 Å². The van der Waals surface area contributed by atoms with Crippen LogP contribution in [0.15, 0.2) is 18.3 Å². The van der Waals surface area contributed by atoms with Crippen molar-refractivity contribution in [3.05, 3.63) is 24.0 Å². The van der Waals surface area contributed by atoms with E-state index in [0.717, 1.165) is 53.4 Å². The molecular weight excluding hydrogens is 406 g/mol. The van der Waals surface area contributed by atoms with Gasteiger partial charge in [-0.15, -0.1) is 0 Å². The number of aromatic nitrogens is 1. The number of rotatable bonds is 6. The molecule has 0 aliphatic heterocycles. The minimum absolute atomic E-state index is 0.509. The molecule has 0 saturated heterocycles. The molecule has 1 aromatic heterocycles. The molecule has 10 atom stereocenters. The number of methoxy groups -OCH3 is 2. The molecule has 5 saturated carbocycles. The summed E-state index contributed by atoms with van der Waals surface area (Å²) in [5, 5.41) is 0. The summed E-state index contributed by atoms with van der Waals surface area (Å²) in [6.45, 7) is 7.91. The normalized spacial score (nSPS) is 48.4. The molecule has 5 aliphatic carbocycles. The molecule has 2 unspecified atom stereocenters. The summed E-state index contributed by atoms with van der Waals surface area (Å²) < 4.78 is 11.9. The van der Waals surface area contributed by atoms with E-state index in [1.54, 1.807) is 7.11 Å². The Kier molecular flexibility index (Phi) is 5.22. The van der Waals surface area contributed by atoms with Crippen LogP contribution in [0.5, 0.6) is 5.75 Å². The van der Waals surface area contributed by atoms with Crippen molar-refractivity contribution in [3.63, 3.8) is 0 Å². The zero-order chi connectivity index (χ0) is 23.0. The third kappa shape index (κ3) is 2.93. The molecule has 6 rings (SSSR count). The van der Waals surface area contributed by atoms with E-state index in [9.17, 15) is 0 Å². The minimum Gasteiger partial charge on any atom is -0.495 e. The Bertz CT molecular complexity index is 901. The summed E-state index contributed by atoms with van der Waals surface area (Å²) >= 11 is 0. The van der Waals surface area contributed by atoms with E-state index in [-0.39, 0.29) is 0 Å². The highest BCUT2D eigenvalue weighted by Crippen LogP contribution is 2.82. The highest BCUT2D eigenvalue weighted by molar-refractivity contribution is 5.27. The fourth-order valence-electron chi connectivity index (χ4n) is 10.9. The van der Waals surface area contributed by atoms with Crippen LogP contribution in [0.3, 0.4) is 0 Å². The Morgan fingerprint density at radius 3 is 2.70 bits per heavy atom. The van der Waals surface area contributed by atoms with Gasteiger partial charge < -0.3 is 9.47 Å². The molecule has 1 spiro atoms. The topological polar surface area (TPSA) is 31.4 Å². The maximum absolute atomic E-state index is 6.31. The standard InChI is InChI=1S/C30H45NO2/c1-19(8-11-25-26(32-4)7-6-16-31-25)22-9-10-23-21-17-27(33-5)30-18-20(30)12-15-29(30,3)24(21)13-14-28(22,23)2/h6-7,16,19-24,27H,8-15,17-18H2,1-5H3/t19-,20-,21+,22-,23+,24+,27?,28-,29-,30?/m1/s1. The predicted octanol–water partition coefficient (Wildman–Crippen LogP) is 6.94. The smallest absolute Gasteiger partial charge is 0.140 e. The molecule has 0 bridgehead atoms. The highest BCUT2D eigenvalue weighted by Gasteiger charge is 2.77. The minimum atomic E-state index is 0.509. The van der Waals surface area contributed by atoms with Gasteiger partial charge in [-0.1, -0.05) is 20.8 Å². The van der Waals surface area contributed by atoms with Gasteiger partial charge >= 0.3 is 0 Å². The molecule has 0 amide bonds. The Balaban J connectivity index is 1.20. The van der Waals surface area contributed by atoms with E-state index in [1.165, 1.54) is 57.8 Å². The molecule has 5 aliphatic rings. The second kappa shape index (κ2) is 7.70. The number of hydrogen-bond acceptors (Lipinski definition) is 3. The molecule has 0 aromatic carbocycles. The van der Waals surface area contributed by atoms with Crippen LogP contribution in [0.4, 0.5) is 0 Å². The molecular formula is C30H45NO2. The van der Waals surface area contributed by atoms with Gasteiger partial charge in [-0.05, 0) is 123 Å². The molecule has 1 heterocycles. The maximum atomic E-state index is 6.31.